The molecule has 2 aliphatic rings. The second kappa shape index (κ2) is 4.25. The van der Waals surface area contributed by atoms with E-state index in [2.05, 4.69) is 0 Å². The van der Waals surface area contributed by atoms with Gasteiger partial charge in [-0.1, -0.05) is 6.92 Å². The first kappa shape index (κ1) is 12.3. The molecule has 4 atom stereocenters. The maximum Gasteiger partial charge on any atom is 0.154 e. The first-order valence-electron chi connectivity index (χ1n) is 5.69. The van der Waals surface area contributed by atoms with Crippen LogP contribution in [0.5, 0.6) is 0 Å². The van der Waals surface area contributed by atoms with E-state index >= 15 is 0 Å². The van der Waals surface area contributed by atoms with E-state index in [9.17, 15) is 18.6 Å². The maximum absolute atomic E-state index is 11.4. The molecule has 2 N–H and O–H groups in total. The summed E-state index contributed by atoms with van der Waals surface area (Å²) >= 11 is 0. The van der Waals surface area contributed by atoms with Gasteiger partial charge < -0.3 is 10.2 Å². The minimum absolute atomic E-state index is 0.0526. The van der Waals surface area contributed by atoms with Crippen LogP contribution in [0.25, 0.3) is 0 Å². The molecule has 2 fully saturated rings. The average molecular weight is 249 g/mol. The Morgan fingerprint density at radius 3 is 2.38 bits per heavy atom. The molecule has 2 rings (SSSR count). The standard InChI is InChI=1S/C10H19NO4S/c1-7-4-11(3-2-9(7)12)8-5-16(14,15)6-10(8)13/h7-10,12-13H,2-6H2,1H3. The summed E-state index contributed by atoms with van der Waals surface area (Å²) in [6, 6.07) is -0.278. The molecule has 2 heterocycles. The first-order chi connectivity index (χ1) is 7.39. The van der Waals surface area contributed by atoms with Gasteiger partial charge in [-0.3, -0.25) is 4.90 Å². The van der Waals surface area contributed by atoms with Crippen LogP contribution in [-0.2, 0) is 9.84 Å². The Balaban J connectivity index is 2.04. The Bertz CT molecular complexity index is 356. The van der Waals surface area contributed by atoms with Crippen molar-refractivity contribution in [3.8, 4) is 0 Å². The van der Waals surface area contributed by atoms with Gasteiger partial charge in [0.2, 0.25) is 0 Å². The van der Waals surface area contributed by atoms with Gasteiger partial charge >= 0.3 is 0 Å². The molecule has 0 spiro atoms. The van der Waals surface area contributed by atoms with Crippen LogP contribution < -0.4 is 0 Å². The summed E-state index contributed by atoms with van der Waals surface area (Å²) in [5, 5.41) is 19.3. The summed E-state index contributed by atoms with van der Waals surface area (Å²) in [7, 11) is -3.08. The van der Waals surface area contributed by atoms with Gasteiger partial charge in [0.15, 0.2) is 9.84 Å². The molecule has 0 aromatic carbocycles. The number of nitrogens with zero attached hydrogens (tertiary/aromatic N) is 1. The number of hydrogen-bond acceptors (Lipinski definition) is 5. The topological polar surface area (TPSA) is 77.8 Å². The van der Waals surface area contributed by atoms with Crippen LogP contribution in [0.15, 0.2) is 0 Å². The molecule has 94 valence electrons. The van der Waals surface area contributed by atoms with Crippen molar-refractivity contribution >= 4 is 9.84 Å². The van der Waals surface area contributed by atoms with E-state index in [1.807, 2.05) is 11.8 Å². The van der Waals surface area contributed by atoms with E-state index in [0.717, 1.165) is 0 Å². The Kier molecular flexibility index (Phi) is 3.27. The van der Waals surface area contributed by atoms with Crippen molar-refractivity contribution in [1.29, 1.82) is 0 Å². The van der Waals surface area contributed by atoms with Crippen LogP contribution in [0.1, 0.15) is 13.3 Å². The summed E-state index contributed by atoms with van der Waals surface area (Å²) in [4.78, 5) is 2.01. The largest absolute Gasteiger partial charge is 0.393 e. The molecule has 0 radical (unpaired) electrons. The third-order valence-electron chi connectivity index (χ3n) is 3.65. The number of aliphatic hydroxyl groups is 2. The second-order valence-electron chi connectivity index (χ2n) is 5.04. The average Bonchev–Trinajstić information content (AvgIpc) is 2.45. The number of sulfone groups is 1. The lowest BCUT2D eigenvalue weighted by Crippen LogP contribution is -2.51. The van der Waals surface area contributed by atoms with Crippen molar-refractivity contribution in [3.05, 3.63) is 0 Å². The van der Waals surface area contributed by atoms with E-state index in [1.165, 1.54) is 0 Å². The highest BCUT2D eigenvalue weighted by Crippen LogP contribution is 2.24. The lowest BCUT2D eigenvalue weighted by Gasteiger charge is -2.38. The summed E-state index contributed by atoms with van der Waals surface area (Å²) in [6.07, 6.45) is -0.413. The van der Waals surface area contributed by atoms with Crippen molar-refractivity contribution in [3.63, 3.8) is 0 Å². The fraction of sp³-hybridized carbons (Fsp3) is 1.00. The third-order valence-corrected chi connectivity index (χ3v) is 5.35. The van der Waals surface area contributed by atoms with Gasteiger partial charge in [-0.25, -0.2) is 8.42 Å². The van der Waals surface area contributed by atoms with Gasteiger partial charge in [-0.2, -0.15) is 0 Å². The highest BCUT2D eigenvalue weighted by atomic mass is 32.2. The predicted molar refractivity (Wildman–Crippen MR) is 59.8 cm³/mol. The molecule has 0 aliphatic carbocycles. The van der Waals surface area contributed by atoms with Crippen molar-refractivity contribution in [1.82, 2.24) is 4.90 Å². The Morgan fingerprint density at radius 2 is 1.88 bits per heavy atom. The monoisotopic (exact) mass is 249 g/mol. The number of aliphatic hydroxyl groups excluding tert-OH is 2. The molecular weight excluding hydrogens is 230 g/mol. The zero-order valence-electron chi connectivity index (χ0n) is 9.41. The number of likely N-dealkylation sites (tertiary alicyclic amines) is 1. The summed E-state index contributed by atoms with van der Waals surface area (Å²) in [6.45, 7) is 3.29. The second-order valence-corrected chi connectivity index (χ2v) is 7.19. The van der Waals surface area contributed by atoms with E-state index in [-0.39, 0.29) is 29.6 Å². The van der Waals surface area contributed by atoms with Crippen LogP contribution in [0.2, 0.25) is 0 Å². The minimum atomic E-state index is -3.08. The SMILES string of the molecule is CC1CN(C2CS(=O)(=O)CC2O)CCC1O. The lowest BCUT2D eigenvalue weighted by atomic mass is 9.95. The third kappa shape index (κ3) is 2.40. The quantitative estimate of drug-likeness (QED) is 0.613. The highest BCUT2D eigenvalue weighted by molar-refractivity contribution is 7.91. The molecule has 0 amide bonds. The van der Waals surface area contributed by atoms with Crippen LogP contribution in [0.3, 0.4) is 0 Å². The zero-order chi connectivity index (χ0) is 11.9. The fourth-order valence-corrected chi connectivity index (χ4v) is 4.46. The molecule has 0 bridgehead atoms. The van der Waals surface area contributed by atoms with Crippen LogP contribution in [0, 0.1) is 5.92 Å². The predicted octanol–water partition coefficient (Wildman–Crippen LogP) is -1.15. The van der Waals surface area contributed by atoms with Crippen molar-refractivity contribution in [2.24, 2.45) is 5.92 Å². The van der Waals surface area contributed by atoms with E-state index in [1.54, 1.807) is 0 Å². The summed E-state index contributed by atoms with van der Waals surface area (Å²) < 4.78 is 22.8. The smallest absolute Gasteiger partial charge is 0.154 e. The Hall–Kier alpha value is -0.170. The fourth-order valence-electron chi connectivity index (χ4n) is 2.63. The number of hydrogen-bond donors (Lipinski definition) is 2. The summed E-state index contributed by atoms with van der Waals surface area (Å²) in [5.41, 5.74) is 0. The van der Waals surface area contributed by atoms with Gasteiger partial charge in [0.05, 0.1) is 29.8 Å². The minimum Gasteiger partial charge on any atom is -0.393 e. The van der Waals surface area contributed by atoms with Gasteiger partial charge in [0, 0.05) is 13.1 Å². The number of rotatable bonds is 1. The van der Waals surface area contributed by atoms with Crippen molar-refractivity contribution < 1.29 is 18.6 Å². The lowest BCUT2D eigenvalue weighted by molar-refractivity contribution is -0.00366. The number of piperidine rings is 1. The molecule has 0 aromatic rings. The van der Waals surface area contributed by atoms with Gasteiger partial charge in [0.1, 0.15) is 0 Å². The molecule has 2 saturated heterocycles. The van der Waals surface area contributed by atoms with Crippen molar-refractivity contribution in [2.75, 3.05) is 24.6 Å². The van der Waals surface area contributed by atoms with E-state index < -0.39 is 15.9 Å². The van der Waals surface area contributed by atoms with Gasteiger partial charge in [-0.15, -0.1) is 0 Å². The Morgan fingerprint density at radius 1 is 1.19 bits per heavy atom. The molecule has 5 nitrogen and oxygen atoms in total. The van der Waals surface area contributed by atoms with Gasteiger partial charge in [0.25, 0.3) is 0 Å². The van der Waals surface area contributed by atoms with Crippen LogP contribution in [-0.4, -0.2) is 66.4 Å². The Labute approximate surface area is 96.0 Å². The van der Waals surface area contributed by atoms with E-state index in [0.29, 0.717) is 19.5 Å². The van der Waals surface area contributed by atoms with Crippen LogP contribution in [0.4, 0.5) is 0 Å². The van der Waals surface area contributed by atoms with Gasteiger partial charge in [-0.05, 0) is 12.3 Å². The maximum atomic E-state index is 11.4. The zero-order valence-corrected chi connectivity index (χ0v) is 10.2. The molecule has 0 aromatic heterocycles. The molecular formula is C10H19NO4S. The molecule has 0 saturated carbocycles. The molecule has 2 aliphatic heterocycles. The first-order valence-corrected chi connectivity index (χ1v) is 7.52. The van der Waals surface area contributed by atoms with E-state index in [4.69, 9.17) is 0 Å². The molecule has 4 unspecified atom stereocenters. The van der Waals surface area contributed by atoms with Crippen molar-refractivity contribution in [2.45, 2.75) is 31.6 Å². The van der Waals surface area contributed by atoms with Crippen LogP contribution >= 0.6 is 0 Å². The summed E-state index contributed by atoms with van der Waals surface area (Å²) in [5.74, 6) is 0.0754. The molecule has 16 heavy (non-hydrogen) atoms. The highest BCUT2D eigenvalue weighted by Gasteiger charge is 2.41. The molecule has 6 heteroatoms. The normalized spacial score (nSPS) is 44.7.